The third kappa shape index (κ3) is 7.58. The Morgan fingerprint density at radius 1 is 0.721 bits per heavy atom. The highest BCUT2D eigenvalue weighted by Gasteiger charge is 2.24. The van der Waals surface area contributed by atoms with Crippen LogP contribution in [0.4, 0.5) is 5.69 Å². The molecule has 0 spiro atoms. The molecule has 43 heavy (non-hydrogen) atoms. The van der Waals surface area contributed by atoms with Crippen molar-refractivity contribution in [3.63, 3.8) is 0 Å². The lowest BCUT2D eigenvalue weighted by molar-refractivity contribution is 0.0728. The van der Waals surface area contributed by atoms with Gasteiger partial charge in [-0.05, 0) is 50.6 Å². The van der Waals surface area contributed by atoms with Gasteiger partial charge in [-0.2, -0.15) is 0 Å². The molecule has 0 heterocycles. The summed E-state index contributed by atoms with van der Waals surface area (Å²) in [5.74, 6) is -1.61. The summed E-state index contributed by atoms with van der Waals surface area (Å²) in [5, 5.41) is 11.0. The number of nitrogens with zero attached hydrogens (tertiary/aromatic N) is 1. The molecule has 1 atom stereocenters. The van der Waals surface area contributed by atoms with Crippen LogP contribution < -0.4 is 9.64 Å². The highest BCUT2D eigenvalue weighted by Crippen LogP contribution is 2.30. The average molecular weight is 578 g/mol. The Morgan fingerprint density at radius 2 is 1.37 bits per heavy atom. The van der Waals surface area contributed by atoms with Crippen LogP contribution in [0.2, 0.25) is 0 Å². The Kier molecular flexibility index (Phi) is 10.9. The number of carbonyl (C=O) groups excluding carboxylic acids is 3. The zero-order valence-corrected chi connectivity index (χ0v) is 25.1. The topological polar surface area (TPSA) is 83.9 Å². The van der Waals surface area contributed by atoms with Gasteiger partial charge in [-0.3, -0.25) is 9.59 Å². The number of aromatic hydroxyl groups is 1. The molecule has 0 amide bonds. The number of rotatable bonds is 14. The fourth-order valence-corrected chi connectivity index (χ4v) is 5.31. The molecule has 0 aliphatic heterocycles. The van der Waals surface area contributed by atoms with Crippen molar-refractivity contribution in [2.24, 2.45) is 0 Å². The smallest absolute Gasteiger partial charge is 0.344 e. The first-order valence-electron chi connectivity index (χ1n) is 15.0. The van der Waals surface area contributed by atoms with Gasteiger partial charge in [0.15, 0.2) is 11.6 Å². The van der Waals surface area contributed by atoms with Gasteiger partial charge in [0.05, 0.1) is 16.7 Å². The van der Waals surface area contributed by atoms with Gasteiger partial charge in [-0.15, -0.1) is 0 Å². The van der Waals surface area contributed by atoms with Crippen LogP contribution in [0.25, 0.3) is 0 Å². The molecule has 1 unspecified atom stereocenters. The van der Waals surface area contributed by atoms with Gasteiger partial charge >= 0.3 is 5.97 Å². The Balaban J connectivity index is 1.56. The second kappa shape index (κ2) is 15.0. The molecule has 0 saturated carbocycles. The fourth-order valence-electron chi connectivity index (χ4n) is 5.31. The van der Waals surface area contributed by atoms with Crippen LogP contribution in [-0.4, -0.2) is 35.2 Å². The van der Waals surface area contributed by atoms with Gasteiger partial charge in [0.2, 0.25) is 0 Å². The molecule has 0 radical (unpaired) electrons. The van der Waals surface area contributed by atoms with E-state index >= 15 is 0 Å². The summed E-state index contributed by atoms with van der Waals surface area (Å²) >= 11 is 0. The zero-order chi connectivity index (χ0) is 30.8. The standard InChI is InChI=1S/C37H39NO5/c1-4-6-7-9-16-26(3)38(5-2)28-23-24-31(33(39)25-28)36(41)29-19-12-13-20-30(29)37(42)43-34-22-15-14-21-32(34)35(40)27-17-10-8-11-18-27/h8,10-15,17-26,39H,4-7,9,16H2,1-3H3. The zero-order valence-electron chi connectivity index (χ0n) is 25.1. The van der Waals surface area contributed by atoms with E-state index in [1.165, 1.54) is 31.4 Å². The lowest BCUT2D eigenvalue weighted by atomic mass is 9.97. The lowest BCUT2D eigenvalue weighted by Crippen LogP contribution is -2.32. The van der Waals surface area contributed by atoms with E-state index in [2.05, 4.69) is 25.7 Å². The maximum absolute atomic E-state index is 13.7. The molecule has 0 aromatic heterocycles. The summed E-state index contributed by atoms with van der Waals surface area (Å²) in [6, 6.07) is 26.9. The Bertz CT molecular complexity index is 1560. The number of phenols is 1. The summed E-state index contributed by atoms with van der Waals surface area (Å²) in [4.78, 5) is 42.4. The molecular formula is C37H39NO5. The highest BCUT2D eigenvalue weighted by atomic mass is 16.5. The van der Waals surface area contributed by atoms with Gasteiger partial charge in [0.1, 0.15) is 11.5 Å². The van der Waals surface area contributed by atoms with Crippen molar-refractivity contribution >= 4 is 23.2 Å². The Labute approximate surface area is 253 Å². The normalized spacial score (nSPS) is 11.5. The summed E-state index contributed by atoms with van der Waals surface area (Å²) in [7, 11) is 0. The van der Waals surface area contributed by atoms with Crippen LogP contribution in [0.5, 0.6) is 11.5 Å². The van der Waals surface area contributed by atoms with Crippen LogP contribution in [0.1, 0.15) is 95.1 Å². The van der Waals surface area contributed by atoms with Crippen LogP contribution in [0, 0.1) is 0 Å². The van der Waals surface area contributed by atoms with E-state index in [0.29, 0.717) is 5.56 Å². The number of anilines is 1. The fraction of sp³-hybridized carbons (Fsp3) is 0.270. The van der Waals surface area contributed by atoms with Gasteiger partial charge in [0, 0.05) is 35.5 Å². The van der Waals surface area contributed by atoms with Gasteiger partial charge < -0.3 is 14.7 Å². The molecule has 6 nitrogen and oxygen atoms in total. The molecule has 4 rings (SSSR count). The van der Waals surface area contributed by atoms with E-state index in [9.17, 15) is 19.5 Å². The molecule has 0 bridgehead atoms. The molecular weight excluding hydrogens is 538 g/mol. The second-order valence-electron chi connectivity index (χ2n) is 10.6. The largest absolute Gasteiger partial charge is 0.507 e. The number of hydrogen-bond donors (Lipinski definition) is 1. The minimum atomic E-state index is -0.776. The Hall–Kier alpha value is -4.71. The van der Waals surface area contributed by atoms with Crippen LogP contribution in [0.3, 0.4) is 0 Å². The van der Waals surface area contributed by atoms with Crippen molar-refractivity contribution in [1.82, 2.24) is 0 Å². The molecule has 1 N–H and O–H groups in total. The summed E-state index contributed by atoms with van der Waals surface area (Å²) < 4.78 is 5.69. The molecule has 0 aliphatic rings. The molecule has 0 saturated heterocycles. The van der Waals surface area contributed by atoms with E-state index < -0.39 is 11.8 Å². The maximum Gasteiger partial charge on any atom is 0.344 e. The van der Waals surface area contributed by atoms with E-state index in [-0.39, 0.29) is 45.6 Å². The highest BCUT2D eigenvalue weighted by molar-refractivity contribution is 6.16. The number of benzene rings is 4. The number of ether oxygens (including phenoxy) is 1. The van der Waals surface area contributed by atoms with Crippen molar-refractivity contribution in [2.75, 3.05) is 11.4 Å². The first kappa shape index (κ1) is 31.2. The molecule has 0 aliphatic carbocycles. The van der Waals surface area contributed by atoms with Crippen molar-refractivity contribution in [3.05, 3.63) is 125 Å². The second-order valence-corrected chi connectivity index (χ2v) is 10.6. The van der Waals surface area contributed by atoms with Crippen molar-refractivity contribution < 1.29 is 24.2 Å². The summed E-state index contributed by atoms with van der Waals surface area (Å²) in [6.07, 6.45) is 5.81. The average Bonchev–Trinajstić information content (AvgIpc) is 3.03. The van der Waals surface area contributed by atoms with Crippen LogP contribution >= 0.6 is 0 Å². The van der Waals surface area contributed by atoms with Crippen molar-refractivity contribution in [3.8, 4) is 11.5 Å². The quantitative estimate of drug-likeness (QED) is 0.0703. The molecule has 0 fully saturated rings. The van der Waals surface area contributed by atoms with Gasteiger partial charge in [-0.1, -0.05) is 93.3 Å². The van der Waals surface area contributed by atoms with Crippen LogP contribution in [0.15, 0.2) is 97.1 Å². The number of hydrogen-bond acceptors (Lipinski definition) is 6. The van der Waals surface area contributed by atoms with E-state index in [4.69, 9.17) is 4.74 Å². The number of esters is 1. The molecule has 4 aromatic carbocycles. The van der Waals surface area contributed by atoms with E-state index in [0.717, 1.165) is 25.1 Å². The van der Waals surface area contributed by atoms with Crippen molar-refractivity contribution in [2.45, 2.75) is 58.9 Å². The number of phenolic OH excluding ortho intramolecular Hbond substituents is 1. The van der Waals surface area contributed by atoms with Crippen molar-refractivity contribution in [1.29, 1.82) is 0 Å². The summed E-state index contributed by atoms with van der Waals surface area (Å²) in [6.45, 7) is 7.22. The van der Waals surface area contributed by atoms with Gasteiger partial charge in [0.25, 0.3) is 0 Å². The number of unbranched alkanes of at least 4 members (excludes halogenated alkanes) is 3. The monoisotopic (exact) mass is 577 g/mol. The third-order valence-electron chi connectivity index (χ3n) is 7.67. The first-order valence-corrected chi connectivity index (χ1v) is 15.0. The SMILES string of the molecule is CCCCCCC(C)N(CC)c1ccc(C(=O)c2ccccc2C(=O)Oc2ccccc2C(=O)c2ccccc2)c(O)c1. The molecule has 6 heteroatoms. The first-order chi connectivity index (χ1) is 20.8. The maximum atomic E-state index is 13.7. The molecule has 4 aromatic rings. The van der Waals surface area contributed by atoms with E-state index in [1.54, 1.807) is 72.8 Å². The number of para-hydroxylation sites is 1. The lowest BCUT2D eigenvalue weighted by Gasteiger charge is -2.30. The number of carbonyl (C=O) groups is 3. The van der Waals surface area contributed by atoms with E-state index in [1.807, 2.05) is 12.1 Å². The predicted molar refractivity (Wildman–Crippen MR) is 170 cm³/mol. The third-order valence-corrected chi connectivity index (χ3v) is 7.67. The number of ketones is 2. The summed E-state index contributed by atoms with van der Waals surface area (Å²) in [5.41, 5.74) is 1.77. The predicted octanol–water partition coefficient (Wildman–Crippen LogP) is 8.26. The van der Waals surface area contributed by atoms with Crippen LogP contribution in [-0.2, 0) is 0 Å². The Morgan fingerprint density at radius 3 is 2.05 bits per heavy atom. The molecule has 222 valence electrons. The van der Waals surface area contributed by atoms with Gasteiger partial charge in [-0.25, -0.2) is 4.79 Å². The minimum absolute atomic E-state index is 0.0359. The minimum Gasteiger partial charge on any atom is -0.507 e.